The van der Waals surface area contributed by atoms with Crippen LogP contribution in [0.3, 0.4) is 0 Å². The van der Waals surface area contributed by atoms with E-state index in [2.05, 4.69) is 14.3 Å². The van der Waals surface area contributed by atoms with Crippen LogP contribution in [0.15, 0.2) is 53.1 Å². The summed E-state index contributed by atoms with van der Waals surface area (Å²) < 4.78 is 48.0. The molecular weight excluding hydrogens is 351 g/mol. The van der Waals surface area contributed by atoms with E-state index in [1.165, 1.54) is 24.3 Å². The molecule has 0 N–H and O–H groups in total. The van der Waals surface area contributed by atoms with Crippen LogP contribution in [-0.2, 0) is 17.1 Å². The number of aromatic nitrogens is 2. The highest BCUT2D eigenvalue weighted by molar-refractivity contribution is 7.81. The van der Waals surface area contributed by atoms with Crippen molar-refractivity contribution in [2.24, 2.45) is 0 Å². The maximum absolute atomic E-state index is 12.4. The summed E-state index contributed by atoms with van der Waals surface area (Å²) >= 11 is 0. The van der Waals surface area contributed by atoms with E-state index in [0.29, 0.717) is 24.1 Å². The molecule has 0 radical (unpaired) electrons. The highest BCUT2D eigenvalue weighted by atomic mass is 32.3. The van der Waals surface area contributed by atoms with Crippen molar-refractivity contribution in [3.05, 3.63) is 59.9 Å². The summed E-state index contributed by atoms with van der Waals surface area (Å²) in [6, 6.07) is 13.0. The van der Waals surface area contributed by atoms with Gasteiger partial charge in [-0.3, -0.25) is 0 Å². The predicted molar refractivity (Wildman–Crippen MR) is 85.9 cm³/mol. The second-order valence-electron chi connectivity index (χ2n) is 5.08. The Morgan fingerprint density at radius 3 is 2.24 bits per heavy atom. The summed E-state index contributed by atoms with van der Waals surface area (Å²) in [5, 5.41) is 3.74. The van der Waals surface area contributed by atoms with E-state index in [0.717, 1.165) is 11.1 Å². The Labute approximate surface area is 143 Å². The third-order valence-corrected chi connectivity index (χ3v) is 3.54. The van der Waals surface area contributed by atoms with Gasteiger partial charge in [-0.15, -0.1) is 0 Å². The van der Waals surface area contributed by atoms with E-state index in [9.17, 15) is 12.3 Å². The van der Waals surface area contributed by atoms with Gasteiger partial charge in [0.15, 0.2) is 5.82 Å². The molecule has 0 aliphatic carbocycles. The molecule has 0 saturated heterocycles. The number of hydrogen-bond donors (Lipinski definition) is 0. The van der Waals surface area contributed by atoms with Crippen molar-refractivity contribution in [3.8, 4) is 23.0 Å². The number of halogens is 1. The lowest BCUT2D eigenvalue weighted by atomic mass is 10.1. The zero-order valence-electron chi connectivity index (χ0n) is 13.0. The molecule has 7 nitrogen and oxygen atoms in total. The smallest absolute Gasteiger partial charge is 0.488 e. The van der Waals surface area contributed by atoms with Gasteiger partial charge in [0, 0.05) is 5.56 Å². The zero-order chi connectivity index (χ0) is 17.9. The minimum Gasteiger partial charge on any atom is -0.489 e. The minimum absolute atomic E-state index is 0.131. The summed E-state index contributed by atoms with van der Waals surface area (Å²) in [7, 11) is -5.03. The molecule has 0 bridgehead atoms. The Balaban J connectivity index is 1.60. The average Bonchev–Trinajstić information content (AvgIpc) is 3.00. The Kier molecular flexibility index (Phi) is 4.66. The number of aryl methyl sites for hydroxylation is 1. The van der Waals surface area contributed by atoms with Gasteiger partial charge in [-0.2, -0.15) is 13.4 Å². The Morgan fingerprint density at radius 1 is 1.04 bits per heavy atom. The van der Waals surface area contributed by atoms with Gasteiger partial charge < -0.3 is 13.4 Å². The van der Waals surface area contributed by atoms with Crippen LogP contribution in [0.2, 0.25) is 0 Å². The van der Waals surface area contributed by atoms with E-state index in [-0.39, 0.29) is 5.75 Å². The normalized spacial score (nSPS) is 11.3. The number of rotatable bonds is 6. The van der Waals surface area contributed by atoms with Crippen LogP contribution in [0.25, 0.3) is 11.5 Å². The third kappa shape index (κ3) is 4.77. The van der Waals surface area contributed by atoms with Crippen molar-refractivity contribution in [1.82, 2.24) is 10.1 Å². The molecule has 0 unspecified atom stereocenters. The van der Waals surface area contributed by atoms with Crippen molar-refractivity contribution >= 4 is 10.5 Å². The second kappa shape index (κ2) is 6.89. The van der Waals surface area contributed by atoms with E-state index in [4.69, 9.17) is 9.26 Å². The van der Waals surface area contributed by atoms with Gasteiger partial charge in [0.1, 0.15) is 18.1 Å². The van der Waals surface area contributed by atoms with Gasteiger partial charge >= 0.3 is 10.5 Å². The SMILES string of the molecule is Cc1noc(-c2ccc(COc3ccc(OS(=O)(=O)F)cc3)cc2)n1. The maximum atomic E-state index is 12.4. The van der Waals surface area contributed by atoms with Gasteiger partial charge in [-0.05, 0) is 48.9 Å². The molecule has 0 fully saturated rings. The van der Waals surface area contributed by atoms with Crippen LogP contribution < -0.4 is 8.92 Å². The highest BCUT2D eigenvalue weighted by Gasteiger charge is 2.09. The van der Waals surface area contributed by atoms with Crippen LogP contribution in [0, 0.1) is 6.92 Å². The number of hydrogen-bond acceptors (Lipinski definition) is 7. The van der Waals surface area contributed by atoms with Crippen LogP contribution >= 0.6 is 0 Å². The molecule has 9 heteroatoms. The fourth-order valence-electron chi connectivity index (χ4n) is 2.03. The van der Waals surface area contributed by atoms with E-state index >= 15 is 0 Å². The van der Waals surface area contributed by atoms with Crippen LogP contribution in [0.4, 0.5) is 3.89 Å². The molecule has 0 aliphatic rings. The molecule has 1 heterocycles. The Morgan fingerprint density at radius 2 is 1.68 bits per heavy atom. The first kappa shape index (κ1) is 16.9. The molecular formula is C16H13FN2O5S. The first-order valence-corrected chi connectivity index (χ1v) is 8.46. The fourth-order valence-corrected chi connectivity index (χ4v) is 2.37. The monoisotopic (exact) mass is 364 g/mol. The molecule has 2 aromatic carbocycles. The quantitative estimate of drug-likeness (QED) is 0.620. The van der Waals surface area contributed by atoms with Crippen molar-refractivity contribution in [3.63, 3.8) is 0 Å². The topological polar surface area (TPSA) is 91.5 Å². The molecule has 0 atom stereocenters. The number of ether oxygens (including phenoxy) is 1. The molecule has 130 valence electrons. The van der Waals surface area contributed by atoms with Crippen LogP contribution in [0.1, 0.15) is 11.4 Å². The van der Waals surface area contributed by atoms with Crippen molar-refractivity contribution in [2.45, 2.75) is 13.5 Å². The molecule has 0 aliphatic heterocycles. The maximum Gasteiger partial charge on any atom is 0.488 e. The lowest BCUT2D eigenvalue weighted by Crippen LogP contribution is -2.01. The van der Waals surface area contributed by atoms with E-state index in [1.54, 1.807) is 6.92 Å². The molecule has 0 amide bonds. The Hall–Kier alpha value is -2.94. The summed E-state index contributed by atoms with van der Waals surface area (Å²) in [6.07, 6.45) is 0. The van der Waals surface area contributed by atoms with Gasteiger partial charge in [0.25, 0.3) is 5.89 Å². The van der Waals surface area contributed by atoms with Gasteiger partial charge in [-0.25, -0.2) is 0 Å². The largest absolute Gasteiger partial charge is 0.489 e. The van der Waals surface area contributed by atoms with Gasteiger partial charge in [-0.1, -0.05) is 21.2 Å². The second-order valence-corrected chi connectivity index (χ2v) is 6.03. The highest BCUT2D eigenvalue weighted by Crippen LogP contribution is 2.21. The van der Waals surface area contributed by atoms with Crippen LogP contribution in [-0.4, -0.2) is 18.6 Å². The van der Waals surface area contributed by atoms with Gasteiger partial charge in [0.2, 0.25) is 0 Å². The third-order valence-electron chi connectivity index (χ3n) is 3.15. The summed E-state index contributed by atoms with van der Waals surface area (Å²) in [6.45, 7) is 2.04. The van der Waals surface area contributed by atoms with Crippen molar-refractivity contribution in [1.29, 1.82) is 0 Å². The van der Waals surface area contributed by atoms with E-state index < -0.39 is 10.5 Å². The summed E-state index contributed by atoms with van der Waals surface area (Å²) in [5.41, 5.74) is 1.71. The van der Waals surface area contributed by atoms with Crippen LogP contribution in [0.5, 0.6) is 11.5 Å². The summed E-state index contributed by atoms with van der Waals surface area (Å²) in [5.74, 6) is 1.37. The molecule has 0 saturated carbocycles. The fraction of sp³-hybridized carbons (Fsp3) is 0.125. The standard InChI is InChI=1S/C16H13FN2O5S/c1-11-18-16(23-19-11)13-4-2-12(3-5-13)10-22-14-6-8-15(9-7-14)24-25(17,20)21/h2-9H,10H2,1H3. The lowest BCUT2D eigenvalue weighted by molar-refractivity contribution is 0.306. The van der Waals surface area contributed by atoms with Gasteiger partial charge in [0.05, 0.1) is 0 Å². The minimum atomic E-state index is -5.03. The molecule has 0 spiro atoms. The Bertz CT molecular complexity index is 953. The zero-order valence-corrected chi connectivity index (χ0v) is 13.9. The number of nitrogens with zero attached hydrogens (tertiary/aromatic N) is 2. The number of benzene rings is 2. The molecule has 3 rings (SSSR count). The average molecular weight is 364 g/mol. The molecule has 3 aromatic rings. The first-order chi connectivity index (χ1) is 11.9. The van der Waals surface area contributed by atoms with Crippen molar-refractivity contribution in [2.75, 3.05) is 0 Å². The summed E-state index contributed by atoms with van der Waals surface area (Å²) in [4.78, 5) is 4.15. The lowest BCUT2D eigenvalue weighted by Gasteiger charge is -2.07. The first-order valence-electron chi connectivity index (χ1n) is 7.16. The molecule has 1 aromatic heterocycles. The van der Waals surface area contributed by atoms with Crippen molar-refractivity contribution < 1.29 is 25.7 Å². The molecule has 25 heavy (non-hydrogen) atoms. The predicted octanol–water partition coefficient (Wildman–Crippen LogP) is 3.22. The van der Waals surface area contributed by atoms with E-state index in [1.807, 2.05) is 24.3 Å².